The first kappa shape index (κ1) is 94.0. The van der Waals surface area contributed by atoms with Crippen LogP contribution in [0.15, 0.2) is 6.20 Å². The van der Waals surface area contributed by atoms with Crippen molar-refractivity contribution in [3.05, 3.63) is 11.9 Å². The number of ether oxygens (including phenoxy) is 14. The molecule has 29 nitrogen and oxygen atoms in total. The van der Waals surface area contributed by atoms with Crippen molar-refractivity contribution in [3.8, 4) is 0 Å². The fraction of sp³-hybridized carbons (Fsp3) is 0.848. The van der Waals surface area contributed by atoms with Crippen LogP contribution in [0.1, 0.15) is 296 Å². The van der Waals surface area contributed by atoms with Gasteiger partial charge in [0.05, 0.1) is 48.9 Å². The third-order valence-electron chi connectivity index (χ3n) is 18.9. The Labute approximate surface area is 641 Å². The number of esters is 8. The SMILES string of the molecule is CCCCCCCCCCCCCCCCCCNC(=O)CN(CCn1cc(CO[C@@H]2O[C@H](COC(=O)C(C)(C)C)[C@@H](O[C@@H]3O[C@@H](C)[C@H](OC(C)=O)[C@@H](OC(C)=O)[C@H]3OC(C)=O)[C@H](OC(=O)C(C)(C)C)[C@H]2O[C@@H]2O[C@@H](C)[C@H](OC(C)=O)[C@@H](OC(C)=O)[C@H]2OC(C)=O)nn1)C(=O)CCCCCCCCCCCCC. The number of unbranched alkanes of at least 4 members (excludes halogenated alkanes) is 25. The minimum absolute atomic E-state index is 0.0929. The van der Waals surface area contributed by atoms with Crippen LogP contribution in [0, 0.1) is 10.8 Å². The summed E-state index contributed by atoms with van der Waals surface area (Å²) in [5.74, 6) is -7.33. The van der Waals surface area contributed by atoms with E-state index in [1.54, 1.807) is 52.6 Å². The molecule has 108 heavy (non-hydrogen) atoms. The fourth-order valence-electron chi connectivity index (χ4n) is 13.2. The highest BCUT2D eigenvalue weighted by atomic mass is 16.8. The standard InChI is InChI=1S/C79H133N5O24/c1-17-19-21-23-25-27-29-30-31-32-33-35-37-39-41-43-45-80-62(91)49-83(63(92)44-42-40-38-36-34-28-26-24-22-20-18-2)46-47-84-48-60(81-82-84)50-95-73-70(107-75-72(104-59(10)90)68(102-57(8)88)65(53(4)98-75)100-55(6)86)69(108-77(94)79(14,15)16)66(61(105-73)51-96-76(93)78(11,12)13)106-74-71(103-58(9)89)67(101-56(7)87)64(52(3)97-74)99-54(5)85/h48,52-53,61,64-75H,17-47,49-51H2,1-16H3,(H,80,91)/t52-,53-,61+,64-,65-,66+,67+,68+,69-,70+,71+,72+,73+,74-,75-/m0/s1. The molecule has 2 amide bonds. The molecule has 3 aliphatic heterocycles. The predicted octanol–water partition coefficient (Wildman–Crippen LogP) is 11.8. The van der Waals surface area contributed by atoms with Gasteiger partial charge in [-0.15, -0.1) is 5.10 Å². The van der Waals surface area contributed by atoms with E-state index in [0.29, 0.717) is 13.0 Å². The van der Waals surface area contributed by atoms with Crippen LogP contribution < -0.4 is 5.32 Å². The van der Waals surface area contributed by atoms with Gasteiger partial charge in [-0.1, -0.05) is 180 Å². The number of carbonyl (C=O) groups is 10. The minimum Gasteiger partial charge on any atom is -0.462 e. The number of rotatable bonds is 50. The number of nitrogens with zero attached hydrogens (tertiary/aromatic N) is 4. The van der Waals surface area contributed by atoms with Crippen molar-refractivity contribution in [1.82, 2.24) is 25.2 Å². The Hall–Kier alpha value is -6.40. The maximum Gasteiger partial charge on any atom is 0.311 e. The molecule has 3 fully saturated rings. The van der Waals surface area contributed by atoms with Crippen LogP contribution in [0.2, 0.25) is 0 Å². The second-order valence-electron chi connectivity index (χ2n) is 31.1. The van der Waals surface area contributed by atoms with Crippen LogP contribution in [0.4, 0.5) is 0 Å². The number of amides is 2. The number of hydrogen-bond acceptors (Lipinski definition) is 26. The molecule has 0 radical (unpaired) electrons. The van der Waals surface area contributed by atoms with E-state index in [-0.39, 0.29) is 43.6 Å². The maximum absolute atomic E-state index is 14.7. The topological polar surface area (TPSA) is 346 Å². The molecule has 1 aromatic heterocycles. The van der Waals surface area contributed by atoms with E-state index in [4.69, 9.17) is 66.3 Å². The molecule has 0 spiro atoms. The van der Waals surface area contributed by atoms with E-state index in [0.717, 1.165) is 92.9 Å². The average Bonchev–Trinajstić information content (AvgIpc) is 0.786. The lowest BCUT2D eigenvalue weighted by atomic mass is 9.94. The molecule has 4 rings (SSSR count). The Balaban J connectivity index is 1.72. The molecule has 4 heterocycles. The van der Waals surface area contributed by atoms with Crippen molar-refractivity contribution in [1.29, 1.82) is 0 Å². The molecule has 0 saturated carbocycles. The molecule has 15 atom stereocenters. The van der Waals surface area contributed by atoms with Gasteiger partial charge in [0.1, 0.15) is 24.5 Å². The lowest BCUT2D eigenvalue weighted by molar-refractivity contribution is -0.386. The molecular formula is C79H133N5O24. The first-order valence-electron chi connectivity index (χ1n) is 40.0. The predicted molar refractivity (Wildman–Crippen MR) is 395 cm³/mol. The van der Waals surface area contributed by atoms with Gasteiger partial charge in [0.25, 0.3) is 0 Å². The zero-order chi connectivity index (χ0) is 79.9. The van der Waals surface area contributed by atoms with E-state index in [2.05, 4.69) is 29.5 Å². The zero-order valence-electron chi connectivity index (χ0n) is 67.9. The van der Waals surface area contributed by atoms with Crippen LogP contribution in [0.25, 0.3) is 0 Å². The van der Waals surface area contributed by atoms with Crippen molar-refractivity contribution in [2.45, 2.75) is 396 Å². The summed E-state index contributed by atoms with van der Waals surface area (Å²) in [7, 11) is 0. The van der Waals surface area contributed by atoms with Crippen molar-refractivity contribution in [3.63, 3.8) is 0 Å². The fourth-order valence-corrected chi connectivity index (χ4v) is 13.2. The van der Waals surface area contributed by atoms with Gasteiger partial charge in [-0.05, 0) is 68.2 Å². The Morgan fingerprint density at radius 1 is 0.454 bits per heavy atom. The normalized spacial score (nSPS) is 24.4. The molecule has 3 aliphatic rings. The Bertz CT molecular complexity index is 2880. The zero-order valence-corrected chi connectivity index (χ0v) is 67.9. The quantitative estimate of drug-likeness (QED) is 0.0360. The number of hydrogen-bond donors (Lipinski definition) is 1. The number of nitrogens with one attached hydrogen (secondary N) is 1. The summed E-state index contributed by atoms with van der Waals surface area (Å²) in [5.41, 5.74) is -2.25. The van der Waals surface area contributed by atoms with Crippen molar-refractivity contribution < 1.29 is 114 Å². The van der Waals surface area contributed by atoms with Crippen molar-refractivity contribution in [2.75, 3.05) is 26.2 Å². The maximum atomic E-state index is 14.7. The molecule has 29 heteroatoms. The second kappa shape index (κ2) is 49.8. The Morgan fingerprint density at radius 2 is 0.833 bits per heavy atom. The highest BCUT2D eigenvalue weighted by Crippen LogP contribution is 2.39. The van der Waals surface area contributed by atoms with Crippen LogP contribution >= 0.6 is 0 Å². The van der Waals surface area contributed by atoms with Gasteiger partial charge < -0.3 is 76.5 Å². The molecule has 0 aromatic carbocycles. The summed E-state index contributed by atoms with van der Waals surface area (Å²) in [6, 6.07) is 0. The minimum atomic E-state index is -1.87. The first-order chi connectivity index (χ1) is 51.2. The molecule has 0 unspecified atom stereocenters. The van der Waals surface area contributed by atoms with E-state index < -0.39 is 164 Å². The summed E-state index contributed by atoms with van der Waals surface area (Å²) in [4.78, 5) is 135. The Morgan fingerprint density at radius 3 is 1.25 bits per heavy atom. The lowest BCUT2D eigenvalue weighted by Crippen LogP contribution is -2.68. The van der Waals surface area contributed by atoms with Gasteiger partial charge in [0.15, 0.2) is 67.7 Å². The van der Waals surface area contributed by atoms with E-state index in [9.17, 15) is 47.9 Å². The largest absolute Gasteiger partial charge is 0.462 e. The van der Waals surface area contributed by atoms with E-state index in [1.165, 1.54) is 134 Å². The molecular weight excluding hydrogens is 1400 g/mol. The summed E-state index contributed by atoms with van der Waals surface area (Å²) in [5, 5.41) is 11.8. The molecule has 3 saturated heterocycles. The molecule has 1 aromatic rings. The summed E-state index contributed by atoms with van der Waals surface area (Å²) in [6.07, 6.45) is 9.31. The summed E-state index contributed by atoms with van der Waals surface area (Å²) >= 11 is 0. The summed E-state index contributed by atoms with van der Waals surface area (Å²) < 4.78 is 88.0. The van der Waals surface area contributed by atoms with Crippen molar-refractivity contribution >= 4 is 59.6 Å². The Kier molecular flexibility index (Phi) is 43.3. The average molecular weight is 1540 g/mol. The first-order valence-corrected chi connectivity index (χ1v) is 40.0. The van der Waals surface area contributed by atoms with Gasteiger partial charge in [0.2, 0.25) is 11.8 Å². The monoisotopic (exact) mass is 1540 g/mol. The molecule has 0 aliphatic carbocycles. The highest BCUT2D eigenvalue weighted by molar-refractivity contribution is 5.84. The van der Waals surface area contributed by atoms with E-state index >= 15 is 0 Å². The summed E-state index contributed by atoms with van der Waals surface area (Å²) in [6.45, 7) is 22.7. The number of carbonyl (C=O) groups excluding carboxylic acids is 10. The highest BCUT2D eigenvalue weighted by Gasteiger charge is 2.60. The van der Waals surface area contributed by atoms with Gasteiger partial charge in [-0.3, -0.25) is 52.6 Å². The number of aromatic nitrogens is 3. The van der Waals surface area contributed by atoms with Gasteiger partial charge in [-0.25, -0.2) is 0 Å². The third kappa shape index (κ3) is 35.3. The van der Waals surface area contributed by atoms with Gasteiger partial charge in [0, 0.05) is 61.1 Å². The van der Waals surface area contributed by atoms with Gasteiger partial charge in [-0.2, -0.15) is 0 Å². The molecule has 618 valence electrons. The smallest absolute Gasteiger partial charge is 0.311 e. The van der Waals surface area contributed by atoms with Crippen LogP contribution in [-0.2, 0) is 127 Å². The second-order valence-corrected chi connectivity index (χ2v) is 31.1. The third-order valence-corrected chi connectivity index (χ3v) is 18.9. The van der Waals surface area contributed by atoms with Crippen molar-refractivity contribution in [2.24, 2.45) is 10.8 Å². The van der Waals surface area contributed by atoms with Crippen LogP contribution in [0.5, 0.6) is 0 Å². The van der Waals surface area contributed by atoms with E-state index in [1.807, 2.05) is 0 Å². The van der Waals surface area contributed by atoms with Crippen LogP contribution in [-0.4, -0.2) is 198 Å². The molecule has 0 bridgehead atoms. The van der Waals surface area contributed by atoms with Crippen LogP contribution in [0.3, 0.4) is 0 Å². The van der Waals surface area contributed by atoms with Gasteiger partial charge >= 0.3 is 47.8 Å². The lowest BCUT2D eigenvalue weighted by Gasteiger charge is -2.50. The molecule has 1 N–H and O–H groups in total.